The fourth-order valence-corrected chi connectivity index (χ4v) is 1.62. The number of nitrogens with one attached hydrogen (secondary N) is 1. The zero-order chi connectivity index (χ0) is 11.5. The Morgan fingerprint density at radius 2 is 2.31 bits per heavy atom. The minimum Gasteiger partial charge on any atom is -0.481 e. The number of carbonyl (C=O) groups is 2. The molecule has 6 heteroatoms. The Bertz CT molecular complexity index is 388. The first kappa shape index (κ1) is 10.7. The van der Waals surface area contributed by atoms with Crippen LogP contribution in [0.25, 0.3) is 0 Å². The van der Waals surface area contributed by atoms with Gasteiger partial charge in [-0.15, -0.1) is 0 Å². The Morgan fingerprint density at radius 3 is 2.88 bits per heavy atom. The number of rotatable bonds is 5. The highest BCUT2D eigenvalue weighted by Crippen LogP contribution is 2.38. The number of aromatic nitrogens is 2. The summed E-state index contributed by atoms with van der Waals surface area (Å²) in [5.74, 6) is -1.87. The molecule has 0 bridgehead atoms. The summed E-state index contributed by atoms with van der Waals surface area (Å²) < 4.78 is 1.71. The minimum atomic E-state index is -0.882. The van der Waals surface area contributed by atoms with Gasteiger partial charge >= 0.3 is 5.97 Å². The molecule has 0 radical (unpaired) electrons. The van der Waals surface area contributed by atoms with Gasteiger partial charge in [-0.1, -0.05) is 0 Å². The zero-order valence-corrected chi connectivity index (χ0v) is 8.67. The molecular weight excluding hydrogens is 210 g/mol. The fourth-order valence-electron chi connectivity index (χ4n) is 1.62. The van der Waals surface area contributed by atoms with Crippen molar-refractivity contribution in [2.75, 3.05) is 6.54 Å². The van der Waals surface area contributed by atoms with Crippen molar-refractivity contribution in [3.05, 3.63) is 18.5 Å². The van der Waals surface area contributed by atoms with E-state index in [4.69, 9.17) is 5.11 Å². The minimum absolute atomic E-state index is 0.167. The summed E-state index contributed by atoms with van der Waals surface area (Å²) in [4.78, 5) is 22.0. The van der Waals surface area contributed by atoms with Crippen molar-refractivity contribution in [2.45, 2.75) is 13.0 Å². The second kappa shape index (κ2) is 4.34. The molecular formula is C10H13N3O3. The number of amides is 1. The van der Waals surface area contributed by atoms with Gasteiger partial charge in [0.1, 0.15) is 0 Å². The SMILES string of the molecule is O=C(O)[C@H]1C[C@H]1C(=O)NCCn1cccn1. The highest BCUT2D eigenvalue weighted by Gasteiger charge is 2.48. The van der Waals surface area contributed by atoms with Crippen LogP contribution in [-0.4, -0.2) is 33.3 Å². The molecule has 86 valence electrons. The number of carboxylic acid groups (broad SMARTS) is 1. The lowest BCUT2D eigenvalue weighted by Gasteiger charge is -2.04. The number of carbonyl (C=O) groups excluding carboxylic acids is 1. The van der Waals surface area contributed by atoms with Crippen molar-refractivity contribution >= 4 is 11.9 Å². The topological polar surface area (TPSA) is 84.2 Å². The van der Waals surface area contributed by atoms with E-state index in [1.165, 1.54) is 0 Å². The first-order valence-corrected chi connectivity index (χ1v) is 5.16. The van der Waals surface area contributed by atoms with Gasteiger partial charge in [-0.2, -0.15) is 5.10 Å². The predicted octanol–water partition coefficient (Wildman–Crippen LogP) is -0.280. The maximum Gasteiger partial charge on any atom is 0.307 e. The van der Waals surface area contributed by atoms with Crippen LogP contribution in [0.4, 0.5) is 0 Å². The van der Waals surface area contributed by atoms with Crippen LogP contribution in [0.5, 0.6) is 0 Å². The van der Waals surface area contributed by atoms with Crippen LogP contribution < -0.4 is 5.32 Å². The first-order chi connectivity index (χ1) is 7.68. The van der Waals surface area contributed by atoms with Crippen LogP contribution in [0, 0.1) is 11.8 Å². The summed E-state index contributed by atoms with van der Waals surface area (Å²) in [5.41, 5.74) is 0. The van der Waals surface area contributed by atoms with E-state index >= 15 is 0 Å². The molecule has 2 rings (SSSR count). The van der Waals surface area contributed by atoms with Crippen LogP contribution in [0.2, 0.25) is 0 Å². The second-order valence-electron chi connectivity index (χ2n) is 3.85. The van der Waals surface area contributed by atoms with Gasteiger partial charge in [0, 0.05) is 18.9 Å². The quantitative estimate of drug-likeness (QED) is 0.719. The molecule has 2 N–H and O–H groups in total. The average Bonchev–Trinajstić information content (AvgIpc) is 2.90. The number of nitrogens with zero attached hydrogens (tertiary/aromatic N) is 2. The Balaban J connectivity index is 1.68. The van der Waals surface area contributed by atoms with E-state index in [2.05, 4.69) is 10.4 Å². The maximum absolute atomic E-state index is 11.4. The highest BCUT2D eigenvalue weighted by atomic mass is 16.4. The van der Waals surface area contributed by atoms with Crippen molar-refractivity contribution in [2.24, 2.45) is 11.8 Å². The monoisotopic (exact) mass is 223 g/mol. The summed E-state index contributed by atoms with van der Waals surface area (Å²) in [5, 5.41) is 15.3. The van der Waals surface area contributed by atoms with Crippen molar-refractivity contribution in [3.8, 4) is 0 Å². The van der Waals surface area contributed by atoms with E-state index in [9.17, 15) is 9.59 Å². The van der Waals surface area contributed by atoms with Crippen LogP contribution in [0.15, 0.2) is 18.5 Å². The molecule has 2 atom stereocenters. The van der Waals surface area contributed by atoms with Crippen LogP contribution in [0.1, 0.15) is 6.42 Å². The summed E-state index contributed by atoms with van der Waals surface area (Å²) in [7, 11) is 0. The fraction of sp³-hybridized carbons (Fsp3) is 0.500. The lowest BCUT2D eigenvalue weighted by Crippen LogP contribution is -2.29. The summed E-state index contributed by atoms with van der Waals surface area (Å²) in [6, 6.07) is 1.81. The van der Waals surface area contributed by atoms with E-state index in [0.29, 0.717) is 19.5 Å². The molecule has 1 aromatic heterocycles. The normalized spacial score (nSPS) is 22.8. The largest absolute Gasteiger partial charge is 0.481 e. The maximum atomic E-state index is 11.4. The second-order valence-corrected chi connectivity index (χ2v) is 3.85. The summed E-state index contributed by atoms with van der Waals surface area (Å²) >= 11 is 0. The molecule has 1 heterocycles. The van der Waals surface area contributed by atoms with Gasteiger partial charge in [-0.05, 0) is 12.5 Å². The van der Waals surface area contributed by atoms with Gasteiger partial charge < -0.3 is 10.4 Å². The summed E-state index contributed by atoms with van der Waals surface area (Å²) in [6.45, 7) is 1.08. The number of hydrogen-bond donors (Lipinski definition) is 2. The van der Waals surface area contributed by atoms with E-state index in [1.54, 1.807) is 10.9 Å². The lowest BCUT2D eigenvalue weighted by atomic mass is 10.3. The van der Waals surface area contributed by atoms with Crippen LogP contribution in [-0.2, 0) is 16.1 Å². The molecule has 1 fully saturated rings. The Hall–Kier alpha value is -1.85. The third-order valence-electron chi connectivity index (χ3n) is 2.64. The van der Waals surface area contributed by atoms with Crippen LogP contribution in [0.3, 0.4) is 0 Å². The molecule has 1 saturated carbocycles. The van der Waals surface area contributed by atoms with E-state index in [-0.39, 0.29) is 11.8 Å². The molecule has 1 amide bonds. The van der Waals surface area contributed by atoms with Crippen molar-refractivity contribution in [1.82, 2.24) is 15.1 Å². The highest BCUT2D eigenvalue weighted by molar-refractivity contribution is 5.89. The first-order valence-electron chi connectivity index (χ1n) is 5.16. The molecule has 0 spiro atoms. The molecule has 1 aliphatic rings. The molecule has 0 unspecified atom stereocenters. The Morgan fingerprint density at radius 1 is 1.50 bits per heavy atom. The molecule has 1 aromatic rings. The molecule has 16 heavy (non-hydrogen) atoms. The summed E-state index contributed by atoms with van der Waals surface area (Å²) in [6.07, 6.45) is 3.94. The lowest BCUT2D eigenvalue weighted by molar-refractivity contribution is -0.140. The van der Waals surface area contributed by atoms with E-state index in [0.717, 1.165) is 0 Å². The molecule has 0 aromatic carbocycles. The van der Waals surface area contributed by atoms with Gasteiger partial charge in [0.25, 0.3) is 0 Å². The third kappa shape index (κ3) is 2.39. The molecule has 0 aliphatic heterocycles. The third-order valence-corrected chi connectivity index (χ3v) is 2.64. The number of hydrogen-bond acceptors (Lipinski definition) is 3. The van der Waals surface area contributed by atoms with Gasteiger partial charge in [0.2, 0.25) is 5.91 Å². The molecule has 1 aliphatic carbocycles. The van der Waals surface area contributed by atoms with E-state index < -0.39 is 11.9 Å². The molecule has 6 nitrogen and oxygen atoms in total. The van der Waals surface area contributed by atoms with Gasteiger partial charge in [-0.25, -0.2) is 0 Å². The average molecular weight is 223 g/mol. The van der Waals surface area contributed by atoms with Crippen molar-refractivity contribution in [3.63, 3.8) is 0 Å². The Labute approximate surface area is 92.3 Å². The van der Waals surface area contributed by atoms with Gasteiger partial charge in [0.15, 0.2) is 0 Å². The number of carboxylic acids is 1. The standard InChI is InChI=1S/C10H13N3O3/c14-9(7-6-8(7)10(15)16)11-3-5-13-4-1-2-12-13/h1-2,4,7-8H,3,5-6H2,(H,11,14)(H,15,16)/t7-,8+/m1/s1. The smallest absolute Gasteiger partial charge is 0.307 e. The van der Waals surface area contributed by atoms with Gasteiger partial charge in [0.05, 0.1) is 18.4 Å². The molecule has 0 saturated heterocycles. The zero-order valence-electron chi connectivity index (χ0n) is 8.67. The van der Waals surface area contributed by atoms with Gasteiger partial charge in [-0.3, -0.25) is 14.3 Å². The van der Waals surface area contributed by atoms with Crippen molar-refractivity contribution < 1.29 is 14.7 Å². The number of aliphatic carboxylic acids is 1. The Kier molecular flexibility index (Phi) is 2.89. The van der Waals surface area contributed by atoms with Crippen LogP contribution >= 0.6 is 0 Å². The van der Waals surface area contributed by atoms with E-state index in [1.807, 2.05) is 12.3 Å². The van der Waals surface area contributed by atoms with Crippen molar-refractivity contribution in [1.29, 1.82) is 0 Å². The predicted molar refractivity (Wildman–Crippen MR) is 54.5 cm³/mol.